The molecule has 0 radical (unpaired) electrons. The monoisotopic (exact) mass is 369 g/mol. The lowest BCUT2D eigenvalue weighted by molar-refractivity contribution is -0.142. The SMILES string of the molecule is COC(=O)CC1CC2CCCC(C1)N2C(=O)c1ccc(C(F)(F)F)cc1. The Bertz CT molecular complexity index is 658. The maximum Gasteiger partial charge on any atom is 0.416 e. The van der Waals surface area contributed by atoms with Gasteiger partial charge in [0.05, 0.1) is 12.7 Å². The molecule has 0 saturated carbocycles. The number of fused-ring (bicyclic) bond motifs is 2. The average Bonchev–Trinajstić information content (AvgIpc) is 2.59. The zero-order valence-electron chi connectivity index (χ0n) is 14.6. The van der Waals surface area contributed by atoms with Crippen LogP contribution in [0, 0.1) is 5.92 Å². The Balaban J connectivity index is 1.74. The molecule has 0 N–H and O–H groups in total. The maximum atomic E-state index is 12.9. The van der Waals surface area contributed by atoms with Crippen LogP contribution in [0.3, 0.4) is 0 Å². The number of hydrogen-bond donors (Lipinski definition) is 0. The third-order valence-electron chi connectivity index (χ3n) is 5.45. The summed E-state index contributed by atoms with van der Waals surface area (Å²) in [5.74, 6) is -0.269. The summed E-state index contributed by atoms with van der Waals surface area (Å²) in [6.45, 7) is 0. The number of amides is 1. The average molecular weight is 369 g/mol. The molecule has 0 aliphatic carbocycles. The van der Waals surface area contributed by atoms with Crippen LogP contribution < -0.4 is 0 Å². The van der Waals surface area contributed by atoms with Crippen LogP contribution >= 0.6 is 0 Å². The zero-order chi connectivity index (χ0) is 18.9. The van der Waals surface area contributed by atoms with Crippen molar-refractivity contribution in [2.45, 2.75) is 56.8 Å². The van der Waals surface area contributed by atoms with Gasteiger partial charge in [-0.05, 0) is 62.3 Å². The number of methoxy groups -OCH3 is 1. The second-order valence-corrected chi connectivity index (χ2v) is 7.14. The topological polar surface area (TPSA) is 46.6 Å². The van der Waals surface area contributed by atoms with Crippen LogP contribution in [0.25, 0.3) is 0 Å². The van der Waals surface area contributed by atoms with Crippen molar-refractivity contribution >= 4 is 11.9 Å². The van der Waals surface area contributed by atoms with Gasteiger partial charge < -0.3 is 9.64 Å². The van der Waals surface area contributed by atoms with Crippen LogP contribution in [0.2, 0.25) is 0 Å². The number of piperidine rings is 2. The van der Waals surface area contributed by atoms with Crippen LogP contribution in [-0.4, -0.2) is 36.0 Å². The lowest BCUT2D eigenvalue weighted by Crippen LogP contribution is -2.54. The van der Waals surface area contributed by atoms with Crippen molar-refractivity contribution in [1.29, 1.82) is 0 Å². The van der Waals surface area contributed by atoms with E-state index in [0.717, 1.165) is 44.2 Å². The third-order valence-corrected chi connectivity index (χ3v) is 5.45. The Morgan fingerprint density at radius 1 is 1.12 bits per heavy atom. The number of halogens is 3. The smallest absolute Gasteiger partial charge is 0.416 e. The molecule has 142 valence electrons. The lowest BCUT2D eigenvalue weighted by atomic mass is 9.77. The highest BCUT2D eigenvalue weighted by Gasteiger charge is 2.41. The largest absolute Gasteiger partial charge is 0.469 e. The van der Waals surface area contributed by atoms with Gasteiger partial charge in [-0.25, -0.2) is 0 Å². The molecule has 1 aromatic carbocycles. The number of ether oxygens (including phenoxy) is 1. The van der Waals surface area contributed by atoms with Crippen LogP contribution in [0.15, 0.2) is 24.3 Å². The van der Waals surface area contributed by atoms with E-state index in [1.54, 1.807) is 0 Å². The Kier molecular flexibility index (Phi) is 5.25. The van der Waals surface area contributed by atoms with Crippen LogP contribution in [0.4, 0.5) is 13.2 Å². The first-order valence-corrected chi connectivity index (χ1v) is 8.86. The van der Waals surface area contributed by atoms with Gasteiger partial charge in [0.15, 0.2) is 0 Å². The molecule has 2 aliphatic rings. The number of alkyl halides is 3. The summed E-state index contributed by atoms with van der Waals surface area (Å²) in [6, 6.07) is 4.47. The van der Waals surface area contributed by atoms with E-state index in [-0.39, 0.29) is 35.4 Å². The molecule has 2 atom stereocenters. The van der Waals surface area contributed by atoms with Crippen LogP contribution in [0.1, 0.15) is 54.4 Å². The fourth-order valence-electron chi connectivity index (χ4n) is 4.26. The fourth-order valence-corrected chi connectivity index (χ4v) is 4.26. The molecule has 0 aromatic heterocycles. The lowest BCUT2D eigenvalue weighted by Gasteiger charge is -2.49. The number of hydrogen-bond acceptors (Lipinski definition) is 3. The molecule has 0 spiro atoms. The van der Waals surface area contributed by atoms with Crippen molar-refractivity contribution in [3.05, 3.63) is 35.4 Å². The summed E-state index contributed by atoms with van der Waals surface area (Å²) in [5.41, 5.74) is -0.479. The second-order valence-electron chi connectivity index (χ2n) is 7.14. The quantitative estimate of drug-likeness (QED) is 0.756. The van der Waals surface area contributed by atoms with Crippen molar-refractivity contribution in [2.24, 2.45) is 5.92 Å². The van der Waals surface area contributed by atoms with Crippen molar-refractivity contribution in [2.75, 3.05) is 7.11 Å². The number of benzene rings is 1. The molecule has 4 nitrogen and oxygen atoms in total. The molecule has 2 unspecified atom stereocenters. The highest BCUT2D eigenvalue weighted by molar-refractivity contribution is 5.94. The minimum Gasteiger partial charge on any atom is -0.469 e. The van der Waals surface area contributed by atoms with Crippen molar-refractivity contribution in [1.82, 2.24) is 4.90 Å². The molecule has 1 aromatic rings. The molecule has 1 amide bonds. The van der Waals surface area contributed by atoms with Crippen molar-refractivity contribution < 1.29 is 27.5 Å². The molecule has 26 heavy (non-hydrogen) atoms. The van der Waals surface area contributed by atoms with E-state index in [1.807, 2.05) is 4.90 Å². The minimum atomic E-state index is -4.41. The van der Waals surface area contributed by atoms with E-state index in [9.17, 15) is 22.8 Å². The Morgan fingerprint density at radius 3 is 2.19 bits per heavy atom. The van der Waals surface area contributed by atoms with Crippen LogP contribution in [-0.2, 0) is 15.7 Å². The maximum absolute atomic E-state index is 12.9. The summed E-state index contributed by atoms with van der Waals surface area (Å²) in [7, 11) is 1.37. The predicted molar refractivity (Wildman–Crippen MR) is 88.4 cm³/mol. The van der Waals surface area contributed by atoms with E-state index in [1.165, 1.54) is 19.2 Å². The van der Waals surface area contributed by atoms with Crippen molar-refractivity contribution in [3.63, 3.8) is 0 Å². The number of rotatable bonds is 3. The van der Waals surface area contributed by atoms with Gasteiger partial charge in [-0.15, -0.1) is 0 Å². The predicted octanol–water partition coefficient (Wildman–Crippen LogP) is 4.04. The van der Waals surface area contributed by atoms with Gasteiger partial charge in [0.2, 0.25) is 0 Å². The van der Waals surface area contributed by atoms with E-state index < -0.39 is 11.7 Å². The molecular weight excluding hydrogens is 347 g/mol. The highest BCUT2D eigenvalue weighted by atomic mass is 19.4. The Labute approximate surface area is 150 Å². The fraction of sp³-hybridized carbons (Fsp3) is 0.579. The molecule has 2 aliphatic heterocycles. The summed E-state index contributed by atoms with van der Waals surface area (Å²) >= 11 is 0. The first kappa shape index (κ1) is 18.7. The summed E-state index contributed by atoms with van der Waals surface area (Å²) in [4.78, 5) is 26.3. The summed E-state index contributed by atoms with van der Waals surface area (Å²) in [6.07, 6.45) is 0.157. The molecule has 2 fully saturated rings. The van der Waals surface area contributed by atoms with Gasteiger partial charge in [0.25, 0.3) is 5.91 Å². The Hall–Kier alpha value is -2.05. The van der Waals surface area contributed by atoms with Gasteiger partial charge in [0, 0.05) is 24.1 Å². The standard InChI is InChI=1S/C19H22F3NO3/c1-26-17(24)11-12-9-15-3-2-4-16(10-12)23(15)18(25)13-5-7-14(8-6-13)19(20,21)22/h5-8,12,15-16H,2-4,9-11H2,1H3. The highest BCUT2D eigenvalue weighted by Crippen LogP contribution is 2.39. The number of carbonyl (C=O) groups is 2. The van der Waals surface area contributed by atoms with E-state index >= 15 is 0 Å². The Morgan fingerprint density at radius 2 is 1.69 bits per heavy atom. The summed E-state index contributed by atoms with van der Waals surface area (Å²) < 4.78 is 42.9. The van der Waals surface area contributed by atoms with E-state index in [4.69, 9.17) is 4.74 Å². The van der Waals surface area contributed by atoms with Gasteiger partial charge in [-0.1, -0.05) is 0 Å². The first-order chi connectivity index (χ1) is 12.3. The van der Waals surface area contributed by atoms with Gasteiger partial charge in [-0.3, -0.25) is 9.59 Å². The molecule has 3 rings (SSSR count). The first-order valence-electron chi connectivity index (χ1n) is 8.86. The number of carbonyl (C=O) groups excluding carboxylic acids is 2. The molecule has 7 heteroatoms. The number of nitrogens with zero attached hydrogens (tertiary/aromatic N) is 1. The normalized spacial score (nSPS) is 25.7. The second kappa shape index (κ2) is 7.29. The van der Waals surface area contributed by atoms with Crippen molar-refractivity contribution in [3.8, 4) is 0 Å². The molecule has 2 bridgehead atoms. The van der Waals surface area contributed by atoms with Crippen LogP contribution in [0.5, 0.6) is 0 Å². The van der Waals surface area contributed by atoms with Gasteiger partial charge >= 0.3 is 12.1 Å². The molecular formula is C19H22F3NO3. The van der Waals surface area contributed by atoms with Gasteiger partial charge in [0.1, 0.15) is 0 Å². The number of esters is 1. The van der Waals surface area contributed by atoms with Gasteiger partial charge in [-0.2, -0.15) is 13.2 Å². The third kappa shape index (κ3) is 3.86. The minimum absolute atomic E-state index is 0.0342. The van der Waals surface area contributed by atoms with E-state index in [0.29, 0.717) is 6.42 Å². The molecule has 2 saturated heterocycles. The zero-order valence-corrected chi connectivity index (χ0v) is 14.6. The molecule has 2 heterocycles. The van der Waals surface area contributed by atoms with E-state index in [2.05, 4.69) is 0 Å². The summed E-state index contributed by atoms with van der Waals surface area (Å²) in [5, 5.41) is 0.